The Morgan fingerprint density at radius 1 is 1.43 bits per heavy atom. The quantitative estimate of drug-likeness (QED) is 0.378. The molecular formula is C12H15N7O2. The highest BCUT2D eigenvalue weighted by Crippen LogP contribution is 2.28. The smallest absolute Gasteiger partial charge is 0.251 e. The minimum absolute atomic E-state index is 0.0162. The molecule has 0 unspecified atom stereocenters. The zero-order chi connectivity index (χ0) is 15.2. The standard InChI is InChI=1S/C12H15N7O2/c1-12(2)11(21)16-8(20)6-19(12)10-9-14-3-4-18(9)5-7(15-10)17-13/h3-5,17H,6,13H2,1-2H3,(H,16,20,21). The lowest BCUT2D eigenvalue weighted by Crippen LogP contribution is -2.64. The zero-order valence-electron chi connectivity index (χ0n) is 11.6. The minimum Gasteiger partial charge on any atom is -0.330 e. The Hall–Kier alpha value is -2.68. The van der Waals surface area contributed by atoms with E-state index in [0.29, 0.717) is 17.3 Å². The van der Waals surface area contributed by atoms with E-state index in [0.717, 1.165) is 0 Å². The Labute approximate surface area is 120 Å². The Balaban J connectivity index is 2.20. The van der Waals surface area contributed by atoms with Gasteiger partial charge in [-0.25, -0.2) is 15.8 Å². The molecule has 1 aliphatic heterocycles. The number of hydrogen-bond acceptors (Lipinski definition) is 7. The van der Waals surface area contributed by atoms with E-state index in [-0.39, 0.29) is 18.4 Å². The number of nitrogen functional groups attached to an aromatic ring is 1. The molecule has 2 amide bonds. The summed E-state index contributed by atoms with van der Waals surface area (Å²) in [5.74, 6) is 5.49. The number of hydrogen-bond donors (Lipinski definition) is 3. The predicted molar refractivity (Wildman–Crippen MR) is 75.4 cm³/mol. The first-order valence-corrected chi connectivity index (χ1v) is 6.35. The van der Waals surface area contributed by atoms with Gasteiger partial charge in [0.05, 0.1) is 12.7 Å². The number of aromatic nitrogens is 3. The molecule has 0 aromatic carbocycles. The van der Waals surface area contributed by atoms with Crippen LogP contribution < -0.4 is 21.5 Å². The van der Waals surface area contributed by atoms with E-state index >= 15 is 0 Å². The number of imide groups is 1. The number of fused-ring (bicyclic) bond motifs is 1. The van der Waals surface area contributed by atoms with E-state index in [4.69, 9.17) is 5.84 Å². The van der Waals surface area contributed by atoms with Gasteiger partial charge < -0.3 is 14.7 Å². The number of imidazole rings is 1. The van der Waals surface area contributed by atoms with Crippen molar-refractivity contribution < 1.29 is 9.59 Å². The second kappa shape index (κ2) is 4.42. The molecule has 0 saturated carbocycles. The summed E-state index contributed by atoms with van der Waals surface area (Å²) >= 11 is 0. The number of carbonyl (C=O) groups is 2. The van der Waals surface area contributed by atoms with Gasteiger partial charge in [0.15, 0.2) is 17.3 Å². The van der Waals surface area contributed by atoms with E-state index in [9.17, 15) is 9.59 Å². The fraction of sp³-hybridized carbons (Fsp3) is 0.333. The van der Waals surface area contributed by atoms with Gasteiger partial charge in [0.25, 0.3) is 5.91 Å². The van der Waals surface area contributed by atoms with Gasteiger partial charge in [0.1, 0.15) is 5.54 Å². The van der Waals surface area contributed by atoms with Crippen LogP contribution in [0.1, 0.15) is 13.8 Å². The molecule has 3 heterocycles. The van der Waals surface area contributed by atoms with Crippen molar-refractivity contribution in [2.45, 2.75) is 19.4 Å². The lowest BCUT2D eigenvalue weighted by atomic mass is 9.99. The number of piperazine rings is 1. The number of nitrogens with one attached hydrogen (secondary N) is 2. The normalized spacial score (nSPS) is 18.0. The number of carbonyl (C=O) groups excluding carboxylic acids is 2. The van der Waals surface area contributed by atoms with Gasteiger partial charge >= 0.3 is 0 Å². The summed E-state index contributed by atoms with van der Waals surface area (Å²) in [6.45, 7) is 3.46. The van der Waals surface area contributed by atoms with Crippen LogP contribution in [0.25, 0.3) is 5.65 Å². The molecule has 1 fully saturated rings. The highest BCUT2D eigenvalue weighted by atomic mass is 16.2. The molecule has 0 atom stereocenters. The highest BCUT2D eigenvalue weighted by molar-refractivity contribution is 6.07. The van der Waals surface area contributed by atoms with E-state index in [1.165, 1.54) is 0 Å². The first-order chi connectivity index (χ1) is 9.93. The van der Waals surface area contributed by atoms with Gasteiger partial charge in [-0.1, -0.05) is 0 Å². The first-order valence-electron chi connectivity index (χ1n) is 6.35. The molecule has 1 saturated heterocycles. The third kappa shape index (κ3) is 1.98. The first kappa shape index (κ1) is 13.3. The molecule has 0 bridgehead atoms. The Morgan fingerprint density at radius 3 is 2.90 bits per heavy atom. The molecule has 110 valence electrons. The minimum atomic E-state index is -0.930. The van der Waals surface area contributed by atoms with Crippen molar-refractivity contribution in [2.24, 2.45) is 5.84 Å². The van der Waals surface area contributed by atoms with Gasteiger partial charge in [-0.15, -0.1) is 0 Å². The van der Waals surface area contributed by atoms with Crippen LogP contribution >= 0.6 is 0 Å². The van der Waals surface area contributed by atoms with E-state index < -0.39 is 5.54 Å². The van der Waals surface area contributed by atoms with Crippen LogP contribution in [0.3, 0.4) is 0 Å². The van der Waals surface area contributed by atoms with Crippen LogP contribution in [-0.2, 0) is 9.59 Å². The van der Waals surface area contributed by atoms with Crippen LogP contribution in [0.4, 0.5) is 11.6 Å². The SMILES string of the molecule is CC1(C)C(=O)NC(=O)CN1c1nc(NN)cn2ccnc12. The molecule has 0 spiro atoms. The number of rotatable bonds is 2. The lowest BCUT2D eigenvalue weighted by Gasteiger charge is -2.40. The third-order valence-corrected chi connectivity index (χ3v) is 3.55. The van der Waals surface area contributed by atoms with E-state index in [1.54, 1.807) is 41.7 Å². The molecule has 2 aromatic heterocycles. The molecule has 9 nitrogen and oxygen atoms in total. The van der Waals surface area contributed by atoms with Crippen molar-refractivity contribution in [3.05, 3.63) is 18.6 Å². The number of amides is 2. The molecule has 0 radical (unpaired) electrons. The number of nitrogens with zero attached hydrogens (tertiary/aromatic N) is 4. The summed E-state index contributed by atoms with van der Waals surface area (Å²) in [5, 5.41) is 2.32. The molecule has 3 rings (SSSR count). The lowest BCUT2D eigenvalue weighted by molar-refractivity contribution is -0.135. The monoisotopic (exact) mass is 289 g/mol. The van der Waals surface area contributed by atoms with Gasteiger partial charge in [0.2, 0.25) is 5.91 Å². The molecule has 2 aromatic rings. The molecule has 9 heteroatoms. The maximum absolute atomic E-state index is 12.1. The summed E-state index contributed by atoms with van der Waals surface area (Å²) in [5.41, 5.74) is 2.08. The van der Waals surface area contributed by atoms with Gasteiger partial charge in [-0.2, -0.15) is 0 Å². The van der Waals surface area contributed by atoms with Crippen molar-refractivity contribution >= 4 is 29.1 Å². The largest absolute Gasteiger partial charge is 0.330 e. The highest BCUT2D eigenvalue weighted by Gasteiger charge is 2.42. The fourth-order valence-corrected chi connectivity index (χ4v) is 2.29. The van der Waals surface area contributed by atoms with Gasteiger partial charge in [-0.3, -0.25) is 14.9 Å². The Bertz CT molecular complexity index is 736. The van der Waals surface area contributed by atoms with Gasteiger partial charge in [-0.05, 0) is 13.8 Å². The molecule has 21 heavy (non-hydrogen) atoms. The fourth-order valence-electron chi connectivity index (χ4n) is 2.29. The second-order valence-electron chi connectivity index (χ2n) is 5.27. The zero-order valence-corrected chi connectivity index (χ0v) is 11.6. The van der Waals surface area contributed by atoms with Crippen molar-refractivity contribution in [1.29, 1.82) is 0 Å². The van der Waals surface area contributed by atoms with Crippen molar-refractivity contribution in [3.63, 3.8) is 0 Å². The summed E-state index contributed by atoms with van der Waals surface area (Å²) in [4.78, 5) is 34.0. The third-order valence-electron chi connectivity index (χ3n) is 3.55. The van der Waals surface area contributed by atoms with Gasteiger partial charge in [0, 0.05) is 12.4 Å². The van der Waals surface area contributed by atoms with Crippen LogP contribution in [0, 0.1) is 0 Å². The summed E-state index contributed by atoms with van der Waals surface area (Å²) < 4.78 is 1.73. The van der Waals surface area contributed by atoms with E-state index in [1.807, 2.05) is 0 Å². The molecule has 1 aliphatic rings. The maximum atomic E-state index is 12.1. The van der Waals surface area contributed by atoms with Crippen LogP contribution in [0.5, 0.6) is 0 Å². The summed E-state index contributed by atoms with van der Waals surface area (Å²) in [6.07, 6.45) is 5.02. The van der Waals surface area contributed by atoms with Crippen molar-refractivity contribution in [1.82, 2.24) is 19.7 Å². The number of nitrogens with two attached hydrogens (primary N) is 1. The van der Waals surface area contributed by atoms with Crippen LogP contribution in [0.15, 0.2) is 18.6 Å². The van der Waals surface area contributed by atoms with E-state index in [2.05, 4.69) is 20.7 Å². The average molecular weight is 289 g/mol. The summed E-state index contributed by atoms with van der Waals surface area (Å²) in [6, 6.07) is 0. The maximum Gasteiger partial charge on any atom is 0.251 e. The molecule has 0 aliphatic carbocycles. The number of anilines is 2. The Kier molecular flexibility index (Phi) is 2.80. The van der Waals surface area contributed by atoms with Crippen molar-refractivity contribution in [2.75, 3.05) is 16.9 Å². The summed E-state index contributed by atoms with van der Waals surface area (Å²) in [7, 11) is 0. The number of hydrazine groups is 1. The van der Waals surface area contributed by atoms with Crippen LogP contribution in [-0.4, -0.2) is 38.3 Å². The van der Waals surface area contributed by atoms with Crippen LogP contribution in [0.2, 0.25) is 0 Å². The molecular weight excluding hydrogens is 274 g/mol. The molecule has 4 N–H and O–H groups in total. The topological polar surface area (TPSA) is 118 Å². The van der Waals surface area contributed by atoms with Crippen molar-refractivity contribution in [3.8, 4) is 0 Å². The average Bonchev–Trinajstić information content (AvgIpc) is 2.90. The second-order valence-corrected chi connectivity index (χ2v) is 5.27. The predicted octanol–water partition coefficient (Wildman–Crippen LogP) is -0.744. The Morgan fingerprint density at radius 2 is 2.19 bits per heavy atom.